The first kappa shape index (κ1) is 19.5. The lowest BCUT2D eigenvalue weighted by molar-refractivity contribution is -0.0429. The summed E-state index contributed by atoms with van der Waals surface area (Å²) in [5, 5.41) is 0. The molecule has 1 aromatic carbocycles. The van der Waals surface area contributed by atoms with Crippen LogP contribution in [0, 0.1) is 5.82 Å². The smallest absolute Gasteiger partial charge is 0.396 e. The molecular weight excluding hydrogens is 312 g/mol. The molecule has 0 amide bonds. The van der Waals surface area contributed by atoms with Crippen LogP contribution in [0.4, 0.5) is 28.9 Å². The Bertz CT molecular complexity index is 543. The van der Waals surface area contributed by atoms with Crippen LogP contribution in [0.15, 0.2) is 18.2 Å². The molecule has 1 aromatic rings. The van der Waals surface area contributed by atoms with Crippen LogP contribution in [-0.2, 0) is 10.0 Å². The summed E-state index contributed by atoms with van der Waals surface area (Å²) in [5.74, 6) is -0.852. The summed E-state index contributed by atoms with van der Waals surface area (Å²) in [5.41, 5.74) is -1.29. The second-order valence-electron chi connectivity index (χ2n) is 4.14. The first-order valence-corrected chi connectivity index (χ1v) is 7.67. The predicted molar refractivity (Wildman–Crippen MR) is 74.6 cm³/mol. The van der Waals surface area contributed by atoms with E-state index in [1.165, 1.54) is 24.0 Å². The van der Waals surface area contributed by atoms with Crippen molar-refractivity contribution in [2.24, 2.45) is 0 Å². The van der Waals surface area contributed by atoms with E-state index >= 15 is 0 Å². The molecule has 0 aliphatic carbocycles. The van der Waals surface area contributed by atoms with Gasteiger partial charge in [-0.15, -0.1) is 0 Å². The van der Waals surface area contributed by atoms with Crippen molar-refractivity contribution in [1.29, 1.82) is 0 Å². The number of unbranched alkanes of at least 4 members (excludes halogenated alkanes) is 2. The van der Waals surface area contributed by atoms with Crippen molar-refractivity contribution in [3.63, 3.8) is 0 Å². The number of halogens is 4. The lowest BCUT2D eigenvalue weighted by Crippen LogP contribution is -2.29. The molecule has 0 fully saturated rings. The highest BCUT2D eigenvalue weighted by Crippen LogP contribution is 2.26. The Morgan fingerprint density at radius 3 is 2.05 bits per heavy atom. The lowest BCUT2D eigenvalue weighted by Gasteiger charge is -2.10. The van der Waals surface area contributed by atoms with Gasteiger partial charge in [0.25, 0.3) is 0 Å². The molecule has 21 heavy (non-hydrogen) atoms. The van der Waals surface area contributed by atoms with Crippen molar-refractivity contribution in [2.45, 2.75) is 38.6 Å². The number of alkyl halides is 3. The summed E-state index contributed by atoms with van der Waals surface area (Å²) in [6, 6.07) is 2.33. The maximum Gasteiger partial charge on any atom is 0.516 e. The molecule has 0 aliphatic heterocycles. The molecule has 1 rings (SSSR count). The molecular formula is C12H18F4N2O2S. The fourth-order valence-electron chi connectivity index (χ4n) is 1.17. The van der Waals surface area contributed by atoms with Gasteiger partial charge in [0, 0.05) is 0 Å². The van der Waals surface area contributed by atoms with Crippen molar-refractivity contribution in [3.05, 3.63) is 24.0 Å². The maximum absolute atomic E-state index is 12.6. The largest absolute Gasteiger partial charge is 0.516 e. The molecule has 0 heterocycles. The summed E-state index contributed by atoms with van der Waals surface area (Å²) < 4.78 is 71.0. The molecule has 0 spiro atoms. The van der Waals surface area contributed by atoms with E-state index in [-0.39, 0.29) is 0 Å². The van der Waals surface area contributed by atoms with E-state index in [9.17, 15) is 26.0 Å². The second kappa shape index (κ2) is 8.06. The van der Waals surface area contributed by atoms with Crippen LogP contribution >= 0.6 is 0 Å². The van der Waals surface area contributed by atoms with E-state index in [1.54, 1.807) is 0 Å². The van der Waals surface area contributed by atoms with Crippen LogP contribution in [0.1, 0.15) is 33.1 Å². The van der Waals surface area contributed by atoms with Gasteiger partial charge >= 0.3 is 15.5 Å². The Morgan fingerprint density at radius 2 is 1.71 bits per heavy atom. The predicted octanol–water partition coefficient (Wildman–Crippen LogP) is 3.87. The van der Waals surface area contributed by atoms with E-state index in [4.69, 9.17) is 5.73 Å². The topological polar surface area (TPSA) is 72.2 Å². The number of hydrogen-bond acceptors (Lipinski definition) is 3. The van der Waals surface area contributed by atoms with Gasteiger partial charge in [-0.05, 0) is 18.2 Å². The third-order valence-electron chi connectivity index (χ3n) is 2.26. The maximum atomic E-state index is 12.6. The van der Waals surface area contributed by atoms with Crippen molar-refractivity contribution in [3.8, 4) is 0 Å². The molecule has 0 unspecified atom stereocenters. The van der Waals surface area contributed by atoms with Crippen molar-refractivity contribution >= 4 is 21.4 Å². The number of nitrogens with two attached hydrogens (primary N) is 1. The molecule has 0 saturated carbocycles. The highest BCUT2D eigenvalue weighted by Gasteiger charge is 2.46. The number of sulfonamides is 1. The minimum atomic E-state index is -5.51. The van der Waals surface area contributed by atoms with E-state index < -0.39 is 32.7 Å². The Labute approximate surface area is 121 Å². The monoisotopic (exact) mass is 330 g/mol. The van der Waals surface area contributed by atoms with Crippen LogP contribution in [0.2, 0.25) is 0 Å². The normalized spacial score (nSPS) is 11.5. The molecule has 0 atom stereocenters. The van der Waals surface area contributed by atoms with Gasteiger partial charge in [0.2, 0.25) is 0 Å². The van der Waals surface area contributed by atoms with Crippen molar-refractivity contribution in [2.75, 3.05) is 10.5 Å². The second-order valence-corrected chi connectivity index (χ2v) is 5.81. The zero-order chi connectivity index (χ0) is 16.7. The van der Waals surface area contributed by atoms with Gasteiger partial charge in [-0.3, -0.25) is 4.72 Å². The van der Waals surface area contributed by atoms with E-state index in [1.807, 2.05) is 0 Å². The molecule has 0 bridgehead atoms. The number of nitrogens with one attached hydrogen (secondary N) is 1. The Kier molecular flexibility index (Phi) is 7.48. The molecule has 0 saturated heterocycles. The quantitative estimate of drug-likeness (QED) is 0.650. The number of nitrogen functional groups attached to an aromatic ring is 1. The van der Waals surface area contributed by atoms with E-state index in [0.29, 0.717) is 0 Å². The van der Waals surface area contributed by atoms with Crippen LogP contribution in [0.25, 0.3) is 0 Å². The van der Waals surface area contributed by atoms with Gasteiger partial charge in [0.05, 0.1) is 11.4 Å². The highest BCUT2D eigenvalue weighted by atomic mass is 32.2. The zero-order valence-electron chi connectivity index (χ0n) is 11.7. The SMILES string of the molecule is CCCCC.Nc1cc(NS(=O)(=O)C(F)(F)F)ccc1F. The zero-order valence-corrected chi connectivity index (χ0v) is 12.5. The Hall–Kier alpha value is -1.51. The first-order chi connectivity index (χ1) is 9.55. The van der Waals surface area contributed by atoms with Gasteiger partial charge in [-0.1, -0.05) is 33.1 Å². The van der Waals surface area contributed by atoms with Crippen LogP contribution in [0.5, 0.6) is 0 Å². The molecule has 9 heteroatoms. The van der Waals surface area contributed by atoms with E-state index in [2.05, 4.69) is 13.8 Å². The third-order valence-corrected chi connectivity index (χ3v) is 3.37. The third kappa shape index (κ3) is 6.65. The van der Waals surface area contributed by atoms with Crippen LogP contribution in [0.3, 0.4) is 0 Å². The highest BCUT2D eigenvalue weighted by molar-refractivity contribution is 7.93. The molecule has 0 aliphatic rings. The average molecular weight is 330 g/mol. The number of anilines is 2. The van der Waals surface area contributed by atoms with Crippen LogP contribution in [-0.4, -0.2) is 13.9 Å². The summed E-state index contributed by atoms with van der Waals surface area (Å²) in [6.07, 6.45) is 4.08. The van der Waals surface area contributed by atoms with Gasteiger partial charge in [0.1, 0.15) is 5.82 Å². The fourth-order valence-corrected chi connectivity index (χ4v) is 1.73. The molecule has 0 radical (unpaired) electrons. The first-order valence-electron chi connectivity index (χ1n) is 6.19. The molecule has 122 valence electrons. The van der Waals surface area contributed by atoms with Gasteiger partial charge in [-0.2, -0.15) is 21.6 Å². The number of benzene rings is 1. The summed E-state index contributed by atoms with van der Waals surface area (Å²) >= 11 is 0. The molecule has 4 nitrogen and oxygen atoms in total. The lowest BCUT2D eigenvalue weighted by atomic mass is 10.3. The van der Waals surface area contributed by atoms with Crippen LogP contribution < -0.4 is 10.5 Å². The minimum absolute atomic E-state index is 0.456. The summed E-state index contributed by atoms with van der Waals surface area (Å²) in [6.45, 7) is 4.42. The van der Waals surface area contributed by atoms with Gasteiger partial charge in [0.15, 0.2) is 0 Å². The molecule has 3 N–H and O–H groups in total. The van der Waals surface area contributed by atoms with Crippen molar-refractivity contribution in [1.82, 2.24) is 0 Å². The van der Waals surface area contributed by atoms with Crippen molar-refractivity contribution < 1.29 is 26.0 Å². The van der Waals surface area contributed by atoms with Gasteiger partial charge in [-0.25, -0.2) is 4.39 Å². The van der Waals surface area contributed by atoms with Gasteiger partial charge < -0.3 is 5.73 Å². The Balaban J connectivity index is 0.000000690. The summed E-state index contributed by atoms with van der Waals surface area (Å²) in [7, 11) is -5.51. The Morgan fingerprint density at radius 1 is 1.19 bits per heavy atom. The fraction of sp³-hybridized carbons (Fsp3) is 0.500. The number of rotatable bonds is 4. The minimum Gasteiger partial charge on any atom is -0.396 e. The molecule has 0 aromatic heterocycles. The average Bonchev–Trinajstić information content (AvgIpc) is 2.34. The number of hydrogen-bond donors (Lipinski definition) is 2. The standard InChI is InChI=1S/C7H6F4N2O2S.C5H12/c8-5-2-1-4(3-6(5)12)13-16(14,15)7(9,10)11;1-3-5-4-2/h1-3,13H,12H2;3-5H2,1-2H3. The van der Waals surface area contributed by atoms with E-state index in [0.717, 1.165) is 18.2 Å². The summed E-state index contributed by atoms with van der Waals surface area (Å²) in [4.78, 5) is 0.